The van der Waals surface area contributed by atoms with Crippen molar-refractivity contribution < 1.29 is 18.0 Å². The lowest BCUT2D eigenvalue weighted by atomic mass is 10.1. The maximum atomic E-state index is 12.8. The number of fused-ring (bicyclic) bond motifs is 1. The van der Waals surface area contributed by atoms with Crippen molar-refractivity contribution in [2.45, 2.75) is 13.1 Å². The van der Waals surface area contributed by atoms with Crippen molar-refractivity contribution in [1.29, 1.82) is 0 Å². The first-order valence-corrected chi connectivity index (χ1v) is 4.99. The number of ketones is 1. The van der Waals surface area contributed by atoms with E-state index in [-0.39, 0.29) is 17.0 Å². The van der Waals surface area contributed by atoms with Gasteiger partial charge in [-0.3, -0.25) is 4.79 Å². The van der Waals surface area contributed by atoms with Crippen molar-refractivity contribution >= 4 is 16.7 Å². The summed E-state index contributed by atoms with van der Waals surface area (Å²) in [6, 6.07) is 5.41. The monoisotopic (exact) mass is 241 g/mol. The largest absolute Gasteiger partial charge is 0.418 e. The molecular formula is C12H10F3NO. The second-order valence-corrected chi connectivity index (χ2v) is 3.89. The van der Waals surface area contributed by atoms with E-state index in [9.17, 15) is 18.0 Å². The molecule has 2 aromatic rings. The molecule has 0 bridgehead atoms. The second-order valence-electron chi connectivity index (χ2n) is 3.89. The summed E-state index contributed by atoms with van der Waals surface area (Å²) in [4.78, 5) is 11.3. The number of Topliss-reactive ketones (excluding diaryl/α,β-unsaturated/α-hetero) is 1. The summed E-state index contributed by atoms with van der Waals surface area (Å²) in [6.45, 7) is 1.33. The van der Waals surface area contributed by atoms with E-state index in [1.54, 1.807) is 6.07 Å². The molecule has 0 saturated carbocycles. The molecule has 5 heteroatoms. The molecule has 0 unspecified atom stereocenters. The minimum absolute atomic E-state index is 0.0465. The van der Waals surface area contributed by atoms with Crippen LogP contribution in [-0.2, 0) is 13.2 Å². The number of aromatic nitrogens is 1. The third-order valence-corrected chi connectivity index (χ3v) is 2.72. The van der Waals surface area contributed by atoms with Gasteiger partial charge in [-0.2, -0.15) is 13.2 Å². The van der Waals surface area contributed by atoms with Crippen LogP contribution in [0.1, 0.15) is 23.0 Å². The number of halogens is 3. The number of para-hydroxylation sites is 1. The van der Waals surface area contributed by atoms with Gasteiger partial charge in [0.1, 0.15) is 0 Å². The molecule has 0 fully saturated rings. The Bertz CT molecular complexity index is 596. The molecule has 2 nitrogen and oxygen atoms in total. The van der Waals surface area contributed by atoms with Crippen LogP contribution in [0.4, 0.5) is 13.2 Å². The molecule has 0 spiro atoms. The van der Waals surface area contributed by atoms with Crippen LogP contribution >= 0.6 is 0 Å². The molecule has 0 radical (unpaired) electrons. The average molecular weight is 241 g/mol. The first kappa shape index (κ1) is 11.7. The Morgan fingerprint density at radius 1 is 1.29 bits per heavy atom. The average Bonchev–Trinajstić information content (AvgIpc) is 2.55. The summed E-state index contributed by atoms with van der Waals surface area (Å²) in [7, 11) is 1.47. The second kappa shape index (κ2) is 3.61. The fourth-order valence-electron chi connectivity index (χ4n) is 1.98. The van der Waals surface area contributed by atoms with Crippen molar-refractivity contribution in [3.05, 3.63) is 35.5 Å². The number of rotatable bonds is 1. The van der Waals surface area contributed by atoms with Gasteiger partial charge < -0.3 is 4.57 Å². The Labute approximate surface area is 95.7 Å². The smallest absolute Gasteiger partial charge is 0.341 e. The number of hydrogen-bond acceptors (Lipinski definition) is 1. The summed E-state index contributed by atoms with van der Waals surface area (Å²) < 4.78 is 39.7. The quantitative estimate of drug-likeness (QED) is 0.701. The molecule has 2 rings (SSSR count). The topological polar surface area (TPSA) is 22.0 Å². The van der Waals surface area contributed by atoms with Crippen LogP contribution < -0.4 is 0 Å². The standard InChI is InChI=1S/C12H10F3NO/c1-7(17)10-6-8-4-3-5-9(12(13,14)15)11(8)16(10)2/h3-6H,1-2H3. The third kappa shape index (κ3) is 1.81. The van der Waals surface area contributed by atoms with E-state index >= 15 is 0 Å². The van der Waals surface area contributed by atoms with Crippen molar-refractivity contribution in [3.8, 4) is 0 Å². The molecule has 0 aliphatic heterocycles. The highest BCUT2D eigenvalue weighted by molar-refractivity contribution is 5.99. The number of hydrogen-bond donors (Lipinski definition) is 0. The molecule has 0 aliphatic carbocycles. The minimum Gasteiger partial charge on any atom is -0.341 e. The Balaban J connectivity index is 2.85. The first-order chi connectivity index (χ1) is 7.82. The lowest BCUT2D eigenvalue weighted by Crippen LogP contribution is -2.09. The summed E-state index contributed by atoms with van der Waals surface area (Å²) >= 11 is 0. The lowest BCUT2D eigenvalue weighted by Gasteiger charge is -2.10. The molecule has 0 amide bonds. The Kier molecular flexibility index (Phi) is 2.49. The predicted molar refractivity (Wildman–Crippen MR) is 57.9 cm³/mol. The maximum absolute atomic E-state index is 12.8. The van der Waals surface area contributed by atoms with E-state index in [2.05, 4.69) is 0 Å². The molecule has 1 heterocycles. The summed E-state index contributed by atoms with van der Waals surface area (Å²) in [5.41, 5.74) is -0.396. The number of alkyl halides is 3. The molecular weight excluding hydrogens is 231 g/mol. The highest BCUT2D eigenvalue weighted by Gasteiger charge is 2.33. The van der Waals surface area contributed by atoms with Crippen LogP contribution in [0.5, 0.6) is 0 Å². The van der Waals surface area contributed by atoms with E-state index in [1.807, 2.05) is 0 Å². The van der Waals surface area contributed by atoms with E-state index < -0.39 is 11.7 Å². The number of carbonyl (C=O) groups is 1. The summed E-state index contributed by atoms with van der Waals surface area (Å²) in [5, 5.41) is 0.424. The van der Waals surface area contributed by atoms with E-state index in [0.717, 1.165) is 6.07 Å². The first-order valence-electron chi connectivity index (χ1n) is 4.99. The van der Waals surface area contributed by atoms with Gasteiger partial charge in [0, 0.05) is 19.4 Å². The molecule has 17 heavy (non-hydrogen) atoms. The fourth-order valence-corrected chi connectivity index (χ4v) is 1.98. The molecule has 1 aromatic carbocycles. The highest BCUT2D eigenvalue weighted by Crippen LogP contribution is 2.35. The minimum atomic E-state index is -4.42. The van der Waals surface area contributed by atoms with Crippen LogP contribution in [0.25, 0.3) is 10.9 Å². The van der Waals surface area contributed by atoms with E-state index in [4.69, 9.17) is 0 Å². The van der Waals surface area contributed by atoms with Crippen LogP contribution in [0.2, 0.25) is 0 Å². The van der Waals surface area contributed by atoms with Crippen LogP contribution in [0, 0.1) is 0 Å². The van der Waals surface area contributed by atoms with Gasteiger partial charge in [-0.15, -0.1) is 0 Å². The van der Waals surface area contributed by atoms with Gasteiger partial charge in [0.2, 0.25) is 0 Å². The predicted octanol–water partition coefficient (Wildman–Crippen LogP) is 3.40. The van der Waals surface area contributed by atoms with Gasteiger partial charge >= 0.3 is 6.18 Å². The molecule has 1 aromatic heterocycles. The van der Waals surface area contributed by atoms with Crippen molar-refractivity contribution in [2.75, 3.05) is 0 Å². The van der Waals surface area contributed by atoms with Gasteiger partial charge in [-0.25, -0.2) is 0 Å². The van der Waals surface area contributed by atoms with Gasteiger partial charge in [0.25, 0.3) is 0 Å². The van der Waals surface area contributed by atoms with Crippen LogP contribution in [0.3, 0.4) is 0 Å². The zero-order valence-corrected chi connectivity index (χ0v) is 9.30. The maximum Gasteiger partial charge on any atom is 0.418 e. The SMILES string of the molecule is CC(=O)c1cc2cccc(C(F)(F)F)c2n1C. The Morgan fingerprint density at radius 3 is 2.47 bits per heavy atom. The van der Waals surface area contributed by atoms with Gasteiger partial charge in [-0.1, -0.05) is 12.1 Å². The normalized spacial score (nSPS) is 12.1. The molecule has 0 saturated heterocycles. The third-order valence-electron chi connectivity index (χ3n) is 2.72. The Morgan fingerprint density at radius 2 is 1.94 bits per heavy atom. The van der Waals surface area contributed by atoms with Crippen molar-refractivity contribution in [1.82, 2.24) is 4.57 Å². The van der Waals surface area contributed by atoms with Crippen molar-refractivity contribution in [3.63, 3.8) is 0 Å². The molecule has 0 N–H and O–H groups in total. The zero-order chi connectivity index (χ0) is 12.8. The van der Waals surface area contributed by atoms with E-state index in [0.29, 0.717) is 5.39 Å². The summed E-state index contributed by atoms with van der Waals surface area (Å²) in [6.07, 6.45) is -4.42. The number of benzene rings is 1. The van der Waals surface area contributed by atoms with Gasteiger partial charge in [-0.05, 0) is 12.1 Å². The molecule has 90 valence electrons. The van der Waals surface area contributed by atoms with Crippen LogP contribution in [0.15, 0.2) is 24.3 Å². The van der Waals surface area contributed by atoms with Gasteiger partial charge in [0.15, 0.2) is 5.78 Å². The van der Waals surface area contributed by atoms with Crippen LogP contribution in [-0.4, -0.2) is 10.4 Å². The highest BCUT2D eigenvalue weighted by atomic mass is 19.4. The van der Waals surface area contributed by atoms with Crippen molar-refractivity contribution in [2.24, 2.45) is 7.05 Å². The number of carbonyl (C=O) groups excluding carboxylic acids is 1. The molecule has 0 aliphatic rings. The lowest BCUT2D eigenvalue weighted by molar-refractivity contribution is -0.136. The number of aryl methyl sites for hydroxylation is 1. The number of nitrogens with zero attached hydrogens (tertiary/aromatic N) is 1. The summed E-state index contributed by atoms with van der Waals surface area (Å²) in [5.74, 6) is -0.253. The molecule has 0 atom stereocenters. The zero-order valence-electron chi connectivity index (χ0n) is 9.30. The fraction of sp³-hybridized carbons (Fsp3) is 0.250. The van der Waals surface area contributed by atoms with E-state index in [1.165, 1.54) is 30.7 Å². The van der Waals surface area contributed by atoms with Gasteiger partial charge in [0.05, 0.1) is 16.8 Å². The Hall–Kier alpha value is -1.78.